The molecule has 0 spiro atoms. The Labute approximate surface area is 113 Å². The molecular formula is C13H22N4O2. The summed E-state index contributed by atoms with van der Waals surface area (Å²) in [6.45, 7) is 6.44. The van der Waals surface area contributed by atoms with Crippen molar-refractivity contribution >= 4 is 5.91 Å². The molecule has 1 aromatic heterocycles. The summed E-state index contributed by atoms with van der Waals surface area (Å²) in [7, 11) is 0. The quantitative estimate of drug-likeness (QED) is 0.825. The third-order valence-electron chi connectivity index (χ3n) is 3.98. The average molecular weight is 266 g/mol. The Morgan fingerprint density at radius 3 is 2.68 bits per heavy atom. The second kappa shape index (κ2) is 5.28. The van der Waals surface area contributed by atoms with Gasteiger partial charge in [-0.2, -0.15) is 15.0 Å². The fraction of sp³-hybridized carbons (Fsp3) is 0.769. The number of aliphatic hydroxyl groups is 1. The fourth-order valence-electron chi connectivity index (χ4n) is 2.27. The molecule has 2 N–H and O–H groups in total. The molecule has 1 unspecified atom stereocenters. The molecule has 1 atom stereocenters. The molecule has 2 rings (SSSR count). The van der Waals surface area contributed by atoms with Crippen LogP contribution in [-0.4, -0.2) is 31.6 Å². The average Bonchev–Trinajstić information content (AvgIpc) is 2.64. The van der Waals surface area contributed by atoms with E-state index in [1.165, 1.54) is 0 Å². The highest BCUT2D eigenvalue weighted by Gasteiger charge is 2.42. The molecule has 0 aliphatic heterocycles. The van der Waals surface area contributed by atoms with Gasteiger partial charge in [0.05, 0.1) is 18.8 Å². The first-order valence-electron chi connectivity index (χ1n) is 6.86. The Balaban J connectivity index is 1.94. The molecule has 1 aromatic rings. The Morgan fingerprint density at radius 2 is 2.21 bits per heavy atom. The topological polar surface area (TPSA) is 80.0 Å². The number of nitrogens with zero attached hydrogens (tertiary/aromatic N) is 3. The molecule has 1 heterocycles. The SMILES string of the molecule is CCn1nc(C)c(CNC(=O)C(C)(O)C2CCC2)n1. The number of amides is 1. The van der Waals surface area contributed by atoms with Gasteiger partial charge in [-0.1, -0.05) is 6.42 Å². The summed E-state index contributed by atoms with van der Waals surface area (Å²) < 4.78 is 0. The van der Waals surface area contributed by atoms with Crippen LogP contribution in [-0.2, 0) is 17.9 Å². The van der Waals surface area contributed by atoms with E-state index < -0.39 is 5.60 Å². The lowest BCUT2D eigenvalue weighted by molar-refractivity contribution is -0.147. The van der Waals surface area contributed by atoms with Crippen molar-refractivity contribution in [2.75, 3.05) is 0 Å². The van der Waals surface area contributed by atoms with Gasteiger partial charge in [-0.05, 0) is 39.5 Å². The van der Waals surface area contributed by atoms with E-state index in [1.54, 1.807) is 11.7 Å². The number of carbonyl (C=O) groups is 1. The van der Waals surface area contributed by atoms with Crippen LogP contribution >= 0.6 is 0 Å². The van der Waals surface area contributed by atoms with Crippen LogP contribution in [0.2, 0.25) is 0 Å². The molecule has 6 nitrogen and oxygen atoms in total. The highest BCUT2D eigenvalue weighted by atomic mass is 16.3. The van der Waals surface area contributed by atoms with Crippen molar-refractivity contribution < 1.29 is 9.90 Å². The first kappa shape index (κ1) is 14.0. The van der Waals surface area contributed by atoms with Crippen molar-refractivity contribution in [3.63, 3.8) is 0 Å². The zero-order valence-corrected chi connectivity index (χ0v) is 11.8. The molecule has 19 heavy (non-hydrogen) atoms. The molecule has 1 aliphatic rings. The summed E-state index contributed by atoms with van der Waals surface area (Å²) in [5, 5.41) is 21.5. The molecule has 0 aromatic carbocycles. The maximum Gasteiger partial charge on any atom is 0.252 e. The second-order valence-electron chi connectivity index (χ2n) is 5.38. The number of hydrogen-bond donors (Lipinski definition) is 2. The van der Waals surface area contributed by atoms with Crippen LogP contribution in [0.25, 0.3) is 0 Å². The molecule has 106 valence electrons. The predicted molar refractivity (Wildman–Crippen MR) is 70.2 cm³/mol. The molecule has 6 heteroatoms. The Morgan fingerprint density at radius 1 is 1.53 bits per heavy atom. The van der Waals surface area contributed by atoms with Crippen LogP contribution in [0.1, 0.15) is 44.5 Å². The largest absolute Gasteiger partial charge is 0.380 e. The summed E-state index contributed by atoms with van der Waals surface area (Å²) in [6.07, 6.45) is 2.94. The minimum Gasteiger partial charge on any atom is -0.380 e. The van der Waals surface area contributed by atoms with Crippen LogP contribution in [0.4, 0.5) is 0 Å². The van der Waals surface area contributed by atoms with Crippen molar-refractivity contribution in [1.82, 2.24) is 20.3 Å². The fourth-order valence-corrected chi connectivity index (χ4v) is 2.27. The number of rotatable bonds is 5. The predicted octanol–water partition coefficient (Wildman–Crippen LogP) is 0.774. The number of carbonyl (C=O) groups excluding carboxylic acids is 1. The standard InChI is InChI=1S/C13H22N4O2/c1-4-17-15-9(2)11(16-17)8-14-12(18)13(3,19)10-6-5-7-10/h10,19H,4-8H2,1-3H3,(H,14,18). The number of aryl methyl sites for hydroxylation is 2. The Hall–Kier alpha value is -1.43. The van der Waals surface area contributed by atoms with E-state index in [-0.39, 0.29) is 11.8 Å². The van der Waals surface area contributed by atoms with E-state index in [0.717, 1.165) is 30.7 Å². The van der Waals surface area contributed by atoms with E-state index >= 15 is 0 Å². The van der Waals surface area contributed by atoms with Gasteiger partial charge in [0.25, 0.3) is 5.91 Å². The molecule has 0 saturated heterocycles. The van der Waals surface area contributed by atoms with Crippen molar-refractivity contribution in [2.24, 2.45) is 5.92 Å². The van der Waals surface area contributed by atoms with Gasteiger partial charge in [0, 0.05) is 0 Å². The van der Waals surface area contributed by atoms with Crippen molar-refractivity contribution in [2.45, 2.75) is 58.7 Å². The van der Waals surface area contributed by atoms with Crippen molar-refractivity contribution in [3.05, 3.63) is 11.4 Å². The molecule has 1 fully saturated rings. The van der Waals surface area contributed by atoms with Crippen LogP contribution < -0.4 is 5.32 Å². The monoisotopic (exact) mass is 266 g/mol. The first-order valence-corrected chi connectivity index (χ1v) is 6.86. The number of nitrogens with one attached hydrogen (secondary N) is 1. The number of hydrogen-bond acceptors (Lipinski definition) is 4. The first-order chi connectivity index (χ1) is 8.95. The molecule has 1 amide bonds. The maximum absolute atomic E-state index is 12.0. The van der Waals surface area contributed by atoms with Crippen LogP contribution in [0.5, 0.6) is 0 Å². The Bertz CT molecular complexity index is 463. The lowest BCUT2D eigenvalue weighted by Gasteiger charge is -2.37. The highest BCUT2D eigenvalue weighted by molar-refractivity contribution is 5.84. The molecule has 1 saturated carbocycles. The highest BCUT2D eigenvalue weighted by Crippen LogP contribution is 2.36. The van der Waals surface area contributed by atoms with Gasteiger partial charge in [-0.15, -0.1) is 0 Å². The van der Waals surface area contributed by atoms with Gasteiger partial charge in [0.2, 0.25) is 0 Å². The van der Waals surface area contributed by atoms with Gasteiger partial charge in [0.15, 0.2) is 0 Å². The molecule has 0 radical (unpaired) electrons. The summed E-state index contributed by atoms with van der Waals surface area (Å²) >= 11 is 0. The van der Waals surface area contributed by atoms with E-state index in [2.05, 4.69) is 15.5 Å². The minimum atomic E-state index is -1.27. The van der Waals surface area contributed by atoms with Gasteiger partial charge in [0.1, 0.15) is 11.3 Å². The van der Waals surface area contributed by atoms with E-state index in [1.807, 2.05) is 13.8 Å². The van der Waals surface area contributed by atoms with Crippen LogP contribution in [0, 0.1) is 12.8 Å². The van der Waals surface area contributed by atoms with Crippen molar-refractivity contribution in [1.29, 1.82) is 0 Å². The summed E-state index contributed by atoms with van der Waals surface area (Å²) in [6, 6.07) is 0. The minimum absolute atomic E-state index is 0.0833. The smallest absolute Gasteiger partial charge is 0.252 e. The van der Waals surface area contributed by atoms with Gasteiger partial charge < -0.3 is 10.4 Å². The van der Waals surface area contributed by atoms with Crippen LogP contribution in [0.15, 0.2) is 0 Å². The molecule has 0 bridgehead atoms. The van der Waals surface area contributed by atoms with Gasteiger partial charge >= 0.3 is 0 Å². The van der Waals surface area contributed by atoms with Crippen LogP contribution in [0.3, 0.4) is 0 Å². The van der Waals surface area contributed by atoms with Gasteiger partial charge in [-0.25, -0.2) is 0 Å². The summed E-state index contributed by atoms with van der Waals surface area (Å²) in [4.78, 5) is 13.6. The zero-order chi connectivity index (χ0) is 14.0. The molecular weight excluding hydrogens is 244 g/mol. The second-order valence-corrected chi connectivity index (χ2v) is 5.38. The van der Waals surface area contributed by atoms with Gasteiger partial charge in [-0.3, -0.25) is 4.79 Å². The van der Waals surface area contributed by atoms with Crippen molar-refractivity contribution in [3.8, 4) is 0 Å². The van der Waals surface area contributed by atoms with E-state index in [4.69, 9.17) is 0 Å². The summed E-state index contributed by atoms with van der Waals surface area (Å²) in [5.41, 5.74) is 0.289. The number of aromatic nitrogens is 3. The molecule has 1 aliphatic carbocycles. The summed E-state index contributed by atoms with van der Waals surface area (Å²) in [5.74, 6) is -0.234. The van der Waals surface area contributed by atoms with E-state index in [9.17, 15) is 9.90 Å². The third kappa shape index (κ3) is 2.78. The maximum atomic E-state index is 12.0. The lowest BCUT2D eigenvalue weighted by atomic mass is 9.73. The Kier molecular flexibility index (Phi) is 3.89. The third-order valence-corrected chi connectivity index (χ3v) is 3.98. The lowest BCUT2D eigenvalue weighted by Crippen LogP contribution is -2.51. The normalized spacial score (nSPS) is 18.7. The zero-order valence-electron chi connectivity index (χ0n) is 11.8. The van der Waals surface area contributed by atoms with E-state index in [0.29, 0.717) is 13.1 Å².